The number of nitrogens with one attached hydrogen (secondary N) is 2. The molecular weight excluding hydrogens is 439 g/mol. The van der Waals surface area contributed by atoms with Gasteiger partial charge in [-0.15, -0.1) is 0 Å². The molecule has 3 rings (SSSR count). The summed E-state index contributed by atoms with van der Waals surface area (Å²) in [6.45, 7) is 0.438. The molecule has 0 aliphatic heterocycles. The van der Waals surface area contributed by atoms with Gasteiger partial charge in [0.1, 0.15) is 12.8 Å². The third-order valence-electron chi connectivity index (χ3n) is 5.76. The van der Waals surface area contributed by atoms with E-state index in [1.54, 1.807) is 39.4 Å². The van der Waals surface area contributed by atoms with Gasteiger partial charge in [0.05, 0.1) is 24.1 Å². The minimum atomic E-state index is -4.37. The Bertz CT molecular complexity index is 977. The normalized spacial score (nSPS) is 19.1. The summed E-state index contributed by atoms with van der Waals surface area (Å²) < 4.78 is 48.3. The van der Waals surface area contributed by atoms with Gasteiger partial charge in [0.25, 0.3) is 5.56 Å². The number of anilines is 2. The maximum Gasteiger partial charge on any atom is 0.411 e. The summed E-state index contributed by atoms with van der Waals surface area (Å²) in [5.74, 6) is 0.0453. The highest BCUT2D eigenvalue weighted by Gasteiger charge is 2.34. The molecule has 1 aromatic heterocycles. The molecule has 2 aromatic rings. The molecule has 1 aliphatic carbocycles. The molecule has 182 valence electrons. The molecular formula is C23H30F3N3O4. The molecule has 1 atom stereocenters. The second kappa shape index (κ2) is 10.6. The number of nitrogens with zero attached hydrogens (tertiary/aromatic N) is 1. The van der Waals surface area contributed by atoms with Crippen LogP contribution in [-0.2, 0) is 16.5 Å². The molecule has 0 radical (unpaired) electrons. The van der Waals surface area contributed by atoms with Crippen LogP contribution in [0, 0.1) is 12.8 Å². The minimum absolute atomic E-state index is 0.0453. The van der Waals surface area contributed by atoms with Crippen LogP contribution < -0.4 is 16.2 Å². The largest absolute Gasteiger partial charge is 0.411 e. The predicted molar refractivity (Wildman–Crippen MR) is 120 cm³/mol. The van der Waals surface area contributed by atoms with E-state index in [9.17, 15) is 23.1 Å². The lowest BCUT2D eigenvalue weighted by atomic mass is 9.81. The van der Waals surface area contributed by atoms with Gasteiger partial charge in [-0.05, 0) is 49.1 Å². The van der Waals surface area contributed by atoms with Crippen molar-refractivity contribution in [2.24, 2.45) is 13.0 Å². The molecule has 1 heterocycles. The molecule has 1 fully saturated rings. The minimum Gasteiger partial charge on any atom is -0.381 e. The van der Waals surface area contributed by atoms with Crippen LogP contribution in [0.25, 0.3) is 11.1 Å². The van der Waals surface area contributed by atoms with Gasteiger partial charge in [-0.1, -0.05) is 6.07 Å². The molecule has 10 heteroatoms. The first-order valence-electron chi connectivity index (χ1n) is 10.7. The van der Waals surface area contributed by atoms with Crippen LogP contribution >= 0.6 is 0 Å². The van der Waals surface area contributed by atoms with Crippen molar-refractivity contribution >= 4 is 11.4 Å². The fourth-order valence-electron chi connectivity index (χ4n) is 3.81. The first-order valence-corrected chi connectivity index (χ1v) is 10.7. The van der Waals surface area contributed by atoms with Crippen molar-refractivity contribution in [1.82, 2.24) is 4.57 Å². The fourth-order valence-corrected chi connectivity index (χ4v) is 3.81. The van der Waals surface area contributed by atoms with Crippen molar-refractivity contribution < 1.29 is 27.8 Å². The summed E-state index contributed by atoms with van der Waals surface area (Å²) in [5, 5.41) is 16.8. The molecule has 33 heavy (non-hydrogen) atoms. The van der Waals surface area contributed by atoms with Crippen LogP contribution in [0.4, 0.5) is 24.5 Å². The Labute approximate surface area is 190 Å². The number of alkyl halides is 3. The van der Waals surface area contributed by atoms with E-state index in [-0.39, 0.29) is 30.7 Å². The second-order valence-electron chi connectivity index (χ2n) is 8.36. The lowest BCUT2D eigenvalue weighted by Crippen LogP contribution is -2.41. The smallest absolute Gasteiger partial charge is 0.381 e. The maximum absolute atomic E-state index is 12.3. The van der Waals surface area contributed by atoms with Crippen molar-refractivity contribution in [3.8, 4) is 11.1 Å². The third-order valence-corrected chi connectivity index (χ3v) is 5.76. The number of methoxy groups -OCH3 is 1. The monoisotopic (exact) mass is 469 g/mol. The second-order valence-corrected chi connectivity index (χ2v) is 8.36. The number of halogens is 3. The van der Waals surface area contributed by atoms with Crippen LogP contribution in [0.15, 0.2) is 35.3 Å². The number of aliphatic hydroxyl groups excluding tert-OH is 1. The highest BCUT2D eigenvalue weighted by atomic mass is 19.4. The summed E-state index contributed by atoms with van der Waals surface area (Å²) in [6.07, 6.45) is -1.81. The van der Waals surface area contributed by atoms with Crippen LogP contribution in [0.3, 0.4) is 0 Å². The van der Waals surface area contributed by atoms with E-state index in [0.717, 1.165) is 24.0 Å². The standard InChI is InChI=1S/C23H30F3N3O4/c1-14-8-17(12-29(2)22(14)31)15-4-5-19(28-21(30)16-9-18(10-16)32-3)20(11-15)27-6-7-33-13-23(24,25)26/h4-5,8,11-12,16,18,21,27-28,30H,6-7,9-10,13H2,1-3H3. The SMILES string of the molecule is COC1CC(C(O)Nc2ccc(-c3cc(C)c(=O)n(C)c3)cc2NCCOCC(F)(F)F)C1. The first kappa shape index (κ1) is 25.1. The van der Waals surface area contributed by atoms with Crippen LogP contribution in [0.2, 0.25) is 0 Å². The summed E-state index contributed by atoms with van der Waals surface area (Å²) in [6, 6.07) is 7.27. The van der Waals surface area contributed by atoms with E-state index < -0.39 is 19.0 Å². The van der Waals surface area contributed by atoms with Crippen molar-refractivity contribution in [2.45, 2.75) is 38.3 Å². The molecule has 0 saturated heterocycles. The number of hydrogen-bond acceptors (Lipinski definition) is 6. The van der Waals surface area contributed by atoms with Gasteiger partial charge in [0.2, 0.25) is 0 Å². The average Bonchev–Trinajstić information content (AvgIpc) is 2.70. The Morgan fingerprint density at radius 1 is 1.21 bits per heavy atom. The first-order chi connectivity index (χ1) is 15.6. The van der Waals surface area contributed by atoms with Crippen molar-refractivity contribution in [2.75, 3.05) is 37.5 Å². The van der Waals surface area contributed by atoms with Gasteiger partial charge in [0.15, 0.2) is 0 Å². The van der Waals surface area contributed by atoms with Gasteiger partial charge in [-0.2, -0.15) is 13.2 Å². The van der Waals surface area contributed by atoms with E-state index >= 15 is 0 Å². The number of aromatic nitrogens is 1. The molecule has 3 N–H and O–H groups in total. The van der Waals surface area contributed by atoms with Crippen molar-refractivity contribution in [3.05, 3.63) is 46.4 Å². The van der Waals surface area contributed by atoms with E-state index in [4.69, 9.17) is 4.74 Å². The molecule has 1 saturated carbocycles. The average molecular weight is 470 g/mol. The Morgan fingerprint density at radius 2 is 1.94 bits per heavy atom. The zero-order valence-electron chi connectivity index (χ0n) is 18.9. The summed E-state index contributed by atoms with van der Waals surface area (Å²) in [4.78, 5) is 12.0. The van der Waals surface area contributed by atoms with Gasteiger partial charge in [0, 0.05) is 38.4 Å². The van der Waals surface area contributed by atoms with Crippen molar-refractivity contribution in [1.29, 1.82) is 0 Å². The number of aliphatic hydroxyl groups is 1. The molecule has 1 aromatic carbocycles. The number of rotatable bonds is 10. The summed E-state index contributed by atoms with van der Waals surface area (Å²) in [5.41, 5.74) is 3.37. The van der Waals surface area contributed by atoms with E-state index in [1.807, 2.05) is 12.1 Å². The zero-order valence-corrected chi connectivity index (χ0v) is 18.9. The van der Waals surface area contributed by atoms with Gasteiger partial charge >= 0.3 is 6.18 Å². The van der Waals surface area contributed by atoms with E-state index in [0.29, 0.717) is 16.9 Å². The van der Waals surface area contributed by atoms with Gasteiger partial charge in [-0.3, -0.25) is 4.79 Å². The van der Waals surface area contributed by atoms with Crippen LogP contribution in [-0.4, -0.2) is 55.1 Å². The van der Waals surface area contributed by atoms with Crippen LogP contribution in [0.1, 0.15) is 18.4 Å². The zero-order chi connectivity index (χ0) is 24.2. The molecule has 0 spiro atoms. The Morgan fingerprint density at radius 3 is 2.58 bits per heavy atom. The number of benzene rings is 1. The fraction of sp³-hybridized carbons (Fsp3) is 0.522. The lowest BCUT2D eigenvalue weighted by molar-refractivity contribution is -0.172. The summed E-state index contributed by atoms with van der Waals surface area (Å²) >= 11 is 0. The molecule has 1 aliphatic rings. The number of hydrogen-bond donors (Lipinski definition) is 3. The molecule has 0 bridgehead atoms. The Balaban J connectivity index is 1.77. The predicted octanol–water partition coefficient (Wildman–Crippen LogP) is 3.51. The quantitative estimate of drug-likeness (QED) is 0.365. The van der Waals surface area contributed by atoms with Gasteiger partial charge in [-0.25, -0.2) is 0 Å². The number of ether oxygens (including phenoxy) is 2. The molecule has 0 amide bonds. The number of aryl methyl sites for hydroxylation is 2. The lowest BCUT2D eigenvalue weighted by Gasteiger charge is -2.37. The van der Waals surface area contributed by atoms with E-state index in [2.05, 4.69) is 15.4 Å². The highest BCUT2D eigenvalue weighted by molar-refractivity contribution is 5.77. The topological polar surface area (TPSA) is 84.8 Å². The Hall–Kier alpha value is -2.56. The third kappa shape index (κ3) is 6.72. The Kier molecular flexibility index (Phi) is 8.04. The van der Waals surface area contributed by atoms with E-state index in [1.165, 1.54) is 4.57 Å². The number of pyridine rings is 1. The highest BCUT2D eigenvalue weighted by Crippen LogP contribution is 2.35. The maximum atomic E-state index is 12.3. The van der Waals surface area contributed by atoms with Gasteiger partial charge < -0.3 is 29.8 Å². The molecule has 1 unspecified atom stereocenters. The summed E-state index contributed by atoms with van der Waals surface area (Å²) in [7, 11) is 3.32. The van der Waals surface area contributed by atoms with Crippen molar-refractivity contribution in [3.63, 3.8) is 0 Å². The van der Waals surface area contributed by atoms with Crippen LogP contribution in [0.5, 0.6) is 0 Å². The molecule has 7 nitrogen and oxygen atoms in total.